The van der Waals surface area contributed by atoms with E-state index in [1.807, 2.05) is 0 Å². The van der Waals surface area contributed by atoms with Crippen molar-refractivity contribution in [2.45, 2.75) is 0 Å². The van der Waals surface area contributed by atoms with E-state index in [4.69, 9.17) is 17.5 Å². The van der Waals surface area contributed by atoms with Crippen LogP contribution in [0.5, 0.6) is 0 Å². The molecular formula is H4CaDyO4S. The summed E-state index contributed by atoms with van der Waals surface area (Å²) in [6.07, 6.45) is 0. The van der Waals surface area contributed by atoms with Crippen LogP contribution in [0.1, 0.15) is 0 Å². The van der Waals surface area contributed by atoms with Crippen molar-refractivity contribution < 1.29 is 55.7 Å². The molecule has 0 amide bonds. The second kappa shape index (κ2) is 6.52. The van der Waals surface area contributed by atoms with Crippen molar-refractivity contribution >= 4 is 48.1 Å². The summed E-state index contributed by atoms with van der Waals surface area (Å²) in [5, 5.41) is 0. The molecule has 7 heavy (non-hydrogen) atoms. The van der Waals surface area contributed by atoms with Crippen LogP contribution in [0, 0.1) is 38.2 Å². The Balaban J connectivity index is -0.0000000800. The van der Waals surface area contributed by atoms with Crippen molar-refractivity contribution in [3.8, 4) is 0 Å². The van der Waals surface area contributed by atoms with E-state index in [1.165, 1.54) is 0 Å². The van der Waals surface area contributed by atoms with Crippen molar-refractivity contribution in [3.63, 3.8) is 0 Å². The van der Waals surface area contributed by atoms with Crippen molar-refractivity contribution in [2.75, 3.05) is 0 Å². The van der Waals surface area contributed by atoms with Crippen LogP contribution in [0.2, 0.25) is 0 Å². The molecule has 0 aliphatic heterocycles. The maximum Gasteiger partial charge on any atom is 0 e. The van der Waals surface area contributed by atoms with Gasteiger partial charge in [0.25, 0.3) is 0 Å². The summed E-state index contributed by atoms with van der Waals surface area (Å²) in [5.41, 5.74) is 0. The Hall–Kier alpha value is 2.40. The molecule has 0 aromatic rings. The first-order valence-corrected chi connectivity index (χ1v) is 2.10. The van der Waals surface area contributed by atoms with E-state index in [0.29, 0.717) is 0 Å². The monoisotopic (exact) mass is 304 g/mol. The molecule has 0 saturated carbocycles. The summed E-state index contributed by atoms with van der Waals surface area (Å²) < 4.78 is 31.6. The molecule has 0 unspecified atom stereocenters. The Morgan fingerprint density at radius 3 is 1.14 bits per heavy atom. The third-order valence-electron chi connectivity index (χ3n) is 0. The summed E-state index contributed by atoms with van der Waals surface area (Å²) in [5.74, 6) is 0. The summed E-state index contributed by atoms with van der Waals surface area (Å²) in [6, 6.07) is 0. The van der Waals surface area contributed by atoms with Gasteiger partial charge in [0, 0.05) is 38.2 Å². The molecule has 2 N–H and O–H groups in total. The predicted octanol–water partition coefficient (Wildman–Crippen LogP) is -1.57. The normalized spacial score (nSPS) is 8.29. The van der Waals surface area contributed by atoms with Gasteiger partial charge >= 0.3 is 48.1 Å². The molecule has 0 radical (unpaired) electrons. The molecule has 0 aromatic heterocycles. The maximum atomic E-state index is 8.74. The Labute approximate surface area is 102 Å². The van der Waals surface area contributed by atoms with Crippen molar-refractivity contribution in [3.05, 3.63) is 0 Å². The van der Waals surface area contributed by atoms with Gasteiger partial charge in [-0.2, -0.15) is 8.42 Å². The fourth-order valence-corrected chi connectivity index (χ4v) is 0. The topological polar surface area (TPSA) is 74.6 Å². The SMILES string of the molecule is O=S(=O)(O)O.[CaH2].[Dy]. The van der Waals surface area contributed by atoms with Crippen molar-refractivity contribution in [1.29, 1.82) is 0 Å². The standard InChI is InChI=1S/Ca.Dy.H2O4S.2H/c;;1-5(2,3)4;;/h;;(H2,1,2,3,4);;. The predicted molar refractivity (Wildman–Crippen MR) is 22.7 cm³/mol. The first-order valence-electron chi connectivity index (χ1n) is 0.698. The van der Waals surface area contributed by atoms with E-state index in [0.717, 1.165) is 0 Å². The molecule has 0 rings (SSSR count). The van der Waals surface area contributed by atoms with Gasteiger partial charge in [0.15, 0.2) is 0 Å². The summed E-state index contributed by atoms with van der Waals surface area (Å²) in [7, 11) is -4.67. The molecule has 0 spiro atoms. The minimum atomic E-state index is -4.67. The molecule has 4 nitrogen and oxygen atoms in total. The third-order valence-corrected chi connectivity index (χ3v) is 0. The molecule has 0 atom stereocenters. The van der Waals surface area contributed by atoms with Gasteiger partial charge in [0.05, 0.1) is 0 Å². The largest absolute Gasteiger partial charge is 0 e. The van der Waals surface area contributed by atoms with Crippen molar-refractivity contribution in [1.82, 2.24) is 0 Å². The van der Waals surface area contributed by atoms with E-state index in [9.17, 15) is 0 Å². The molecule has 46 valence electrons. The quantitative estimate of drug-likeness (QED) is 0.419. The summed E-state index contributed by atoms with van der Waals surface area (Å²) >= 11 is 0. The molecule has 0 aliphatic rings. The zero-order valence-corrected chi connectivity index (χ0v) is 5.28. The van der Waals surface area contributed by atoms with Gasteiger partial charge in [-0.05, 0) is 0 Å². The smallest absolute Gasteiger partial charge is 0 e. The van der Waals surface area contributed by atoms with Gasteiger partial charge in [-0.15, -0.1) is 0 Å². The van der Waals surface area contributed by atoms with Crippen LogP contribution >= 0.6 is 0 Å². The molecule has 0 fully saturated rings. The molecular weight excluding hydrogens is 299 g/mol. The van der Waals surface area contributed by atoms with E-state index < -0.39 is 10.4 Å². The van der Waals surface area contributed by atoms with Gasteiger partial charge in [-0.25, -0.2) is 0 Å². The van der Waals surface area contributed by atoms with Crippen LogP contribution in [-0.4, -0.2) is 55.3 Å². The van der Waals surface area contributed by atoms with E-state index in [1.54, 1.807) is 0 Å². The van der Waals surface area contributed by atoms with Gasteiger partial charge < -0.3 is 0 Å². The van der Waals surface area contributed by atoms with Crippen LogP contribution in [-0.2, 0) is 10.4 Å². The minimum Gasteiger partial charge on any atom is 0 e. The minimum absolute atomic E-state index is 0. The Bertz CT molecular complexity index is 94.9. The zero-order valence-electron chi connectivity index (χ0n) is 2.44. The second-order valence-corrected chi connectivity index (χ2v) is 1.34. The van der Waals surface area contributed by atoms with Crippen LogP contribution in [0.25, 0.3) is 0 Å². The number of hydrogen-bond acceptors (Lipinski definition) is 2. The second-order valence-electron chi connectivity index (χ2n) is 0.448. The van der Waals surface area contributed by atoms with Crippen LogP contribution < -0.4 is 0 Å². The van der Waals surface area contributed by atoms with E-state index in [2.05, 4.69) is 0 Å². The fourth-order valence-electron chi connectivity index (χ4n) is 0. The van der Waals surface area contributed by atoms with E-state index >= 15 is 0 Å². The number of rotatable bonds is 0. The summed E-state index contributed by atoms with van der Waals surface area (Å²) in [4.78, 5) is 0. The van der Waals surface area contributed by atoms with Gasteiger partial charge in [-0.3, -0.25) is 9.11 Å². The van der Waals surface area contributed by atoms with Gasteiger partial charge in [0.2, 0.25) is 0 Å². The first kappa shape index (κ1) is 16.2. The average molecular weight is 303 g/mol. The number of hydrogen-bond donors (Lipinski definition) is 2. The van der Waals surface area contributed by atoms with Crippen LogP contribution in [0.3, 0.4) is 0 Å². The molecule has 7 heteroatoms. The zero-order chi connectivity index (χ0) is 4.50. The van der Waals surface area contributed by atoms with Crippen LogP contribution in [0.4, 0.5) is 0 Å². The Morgan fingerprint density at radius 1 is 1.14 bits per heavy atom. The first-order chi connectivity index (χ1) is 2.00. The van der Waals surface area contributed by atoms with Crippen LogP contribution in [0.15, 0.2) is 0 Å². The van der Waals surface area contributed by atoms with Gasteiger partial charge in [-0.1, -0.05) is 0 Å². The molecule has 0 aliphatic carbocycles. The molecule has 0 bridgehead atoms. The maximum absolute atomic E-state index is 8.74. The van der Waals surface area contributed by atoms with E-state index in [-0.39, 0.29) is 75.9 Å². The average Bonchev–Trinajstić information content (AvgIpc) is 0.722. The third kappa shape index (κ3) is 59.7. The van der Waals surface area contributed by atoms with Crippen molar-refractivity contribution in [2.24, 2.45) is 0 Å². The van der Waals surface area contributed by atoms with Gasteiger partial charge in [0.1, 0.15) is 0 Å². The fraction of sp³-hybridized carbons (Fsp3) is 0. The molecule has 0 heterocycles. The molecule has 0 saturated heterocycles. The molecule has 0 aromatic carbocycles. The Kier molecular flexibility index (Phi) is 15.1. The summed E-state index contributed by atoms with van der Waals surface area (Å²) in [6.45, 7) is 0. The Morgan fingerprint density at radius 2 is 1.14 bits per heavy atom.